The van der Waals surface area contributed by atoms with Crippen molar-refractivity contribution in [3.05, 3.63) is 0 Å². The lowest BCUT2D eigenvalue weighted by molar-refractivity contribution is 0.405. The predicted molar refractivity (Wildman–Crippen MR) is 164 cm³/mol. The number of hydrogen-bond acceptors (Lipinski definition) is 1. The average molecular weight is 534 g/mol. The zero-order valence-corrected chi connectivity index (χ0v) is 26.4. The van der Waals surface area contributed by atoms with Crippen LogP contribution < -0.4 is 0 Å². The molecule has 0 spiro atoms. The van der Waals surface area contributed by atoms with E-state index in [0.717, 1.165) is 0 Å². The lowest BCUT2D eigenvalue weighted by Gasteiger charge is -2.02. The molecule has 0 aliphatic rings. The third-order valence-corrected chi connectivity index (χ3v) is 6.91. The Bertz CT molecular complexity index is 303. The van der Waals surface area contributed by atoms with E-state index in [0.29, 0.717) is 0 Å². The van der Waals surface area contributed by atoms with Crippen molar-refractivity contribution in [3.8, 4) is 0 Å². The molecule has 0 aliphatic carbocycles. The Hall–Kier alpha value is 0.0200. The van der Waals surface area contributed by atoms with E-state index >= 15 is 0 Å². The maximum absolute atomic E-state index is 8.70. The fourth-order valence-corrected chi connectivity index (χ4v) is 4.54. The lowest BCUT2D eigenvalue weighted by Crippen LogP contribution is -1.82. The second-order valence-corrected chi connectivity index (χ2v) is 11.2. The van der Waals surface area contributed by atoms with Gasteiger partial charge in [-0.2, -0.15) is 0 Å². The fourth-order valence-electron chi connectivity index (χ4n) is 4.54. The number of rotatable bonds is 26. The predicted octanol–water partition coefficient (Wildman–Crippen LogP) is 12.6. The molecule has 0 fully saturated rings. The first-order chi connectivity index (χ1) is 17.6. The van der Waals surface area contributed by atoms with E-state index in [1.165, 1.54) is 180 Å². The largest absolute Gasteiger partial charge is 0.692 e. The monoisotopic (exact) mass is 534 g/mol. The zero-order valence-electron chi connectivity index (χ0n) is 25.5. The van der Waals surface area contributed by atoms with E-state index in [2.05, 4.69) is 27.7 Å². The van der Waals surface area contributed by atoms with E-state index in [1.807, 2.05) is 0 Å². The first-order valence-corrected chi connectivity index (χ1v) is 17.6. The number of hydrogen-bond donors (Lipinski definition) is 2. The molecule has 0 amide bonds. The summed E-state index contributed by atoms with van der Waals surface area (Å²) in [6, 6.07) is 0. The Kier molecular flexibility index (Phi) is 47.4. The highest BCUT2D eigenvalue weighted by Gasteiger charge is 1.94. The van der Waals surface area contributed by atoms with Gasteiger partial charge < -0.3 is 0 Å². The molecule has 0 bridgehead atoms. The Morgan fingerprint density at radius 1 is 0.306 bits per heavy atom. The normalized spacial score (nSPS) is 10.4. The van der Waals surface area contributed by atoms with Gasteiger partial charge in [0.25, 0.3) is 0 Å². The Morgan fingerprint density at radius 2 is 0.389 bits per heavy atom. The molecule has 0 saturated carbocycles. The molecule has 3 nitrogen and oxygen atoms in total. The molecule has 0 aromatic carbocycles. The fraction of sp³-hybridized carbons (Fsp3) is 1.00. The van der Waals surface area contributed by atoms with Crippen LogP contribution in [0, 0.1) is 0 Å². The van der Waals surface area contributed by atoms with Crippen LogP contribution in [0.3, 0.4) is 0 Å². The highest BCUT2D eigenvalue weighted by molar-refractivity contribution is 7.30. The first-order valence-electron chi connectivity index (χ1n) is 16.4. The van der Waals surface area contributed by atoms with Gasteiger partial charge in [0, 0.05) is 4.57 Å². The molecule has 220 valence electrons. The zero-order chi connectivity index (χ0) is 27.4. The molecule has 4 heteroatoms. The van der Waals surface area contributed by atoms with Gasteiger partial charge in [0.15, 0.2) is 0 Å². The number of unbranched alkanes of at least 4 members (excludes halogenated alkanes) is 26. The third kappa shape index (κ3) is 54.8. The van der Waals surface area contributed by atoms with Gasteiger partial charge in [0.2, 0.25) is 0 Å². The lowest BCUT2D eigenvalue weighted by atomic mass is 10.0. The van der Waals surface area contributed by atoms with Crippen molar-refractivity contribution in [1.29, 1.82) is 0 Å². The standard InChI is InChI=1S/2C16H34.HO3P/c2*1-3-5-7-9-11-13-15-16-14-12-10-8-6-4-2;1-4(2)3/h2*3-16H2,1-2H3;(H-,1,2,3)/p+1. The smallest absolute Gasteiger partial charge is 0.134 e. The maximum atomic E-state index is 8.70. The maximum Gasteiger partial charge on any atom is 0.692 e. The van der Waals surface area contributed by atoms with Crippen LogP contribution in [0.4, 0.5) is 0 Å². The molecule has 0 saturated heterocycles. The topological polar surface area (TPSA) is 57.5 Å². The van der Waals surface area contributed by atoms with Crippen molar-refractivity contribution >= 4 is 8.25 Å². The first kappa shape index (κ1) is 40.5. The summed E-state index contributed by atoms with van der Waals surface area (Å²) in [6.07, 6.45) is 40.8. The molecule has 0 aliphatic heterocycles. The van der Waals surface area contributed by atoms with E-state index in [4.69, 9.17) is 14.4 Å². The van der Waals surface area contributed by atoms with Crippen molar-refractivity contribution in [2.45, 2.75) is 207 Å². The van der Waals surface area contributed by atoms with Gasteiger partial charge in [-0.25, -0.2) is 0 Å². The van der Waals surface area contributed by atoms with Gasteiger partial charge in [-0.3, -0.25) is 0 Å². The van der Waals surface area contributed by atoms with Crippen LogP contribution in [0.5, 0.6) is 0 Å². The Morgan fingerprint density at radius 3 is 0.472 bits per heavy atom. The van der Waals surface area contributed by atoms with Crippen molar-refractivity contribution in [2.24, 2.45) is 0 Å². The van der Waals surface area contributed by atoms with Crippen LogP contribution in [0.2, 0.25) is 0 Å². The molecule has 0 rings (SSSR count). The quantitative estimate of drug-likeness (QED) is 0.0858. The van der Waals surface area contributed by atoms with Crippen molar-refractivity contribution in [3.63, 3.8) is 0 Å². The van der Waals surface area contributed by atoms with E-state index in [9.17, 15) is 0 Å². The van der Waals surface area contributed by atoms with Gasteiger partial charge in [0.1, 0.15) is 0 Å². The Labute approximate surface area is 230 Å². The molecular weight excluding hydrogens is 463 g/mol. The second-order valence-electron chi connectivity index (χ2n) is 10.7. The minimum Gasteiger partial charge on any atom is -0.134 e. The Balaban J connectivity index is -0.000000526. The van der Waals surface area contributed by atoms with Crippen molar-refractivity contribution in [1.82, 2.24) is 0 Å². The van der Waals surface area contributed by atoms with Crippen LogP contribution in [-0.2, 0) is 4.57 Å². The molecule has 0 unspecified atom stereocenters. The molecule has 0 atom stereocenters. The molecule has 36 heavy (non-hydrogen) atoms. The molecular formula is C32H70O3P+. The van der Waals surface area contributed by atoms with Crippen LogP contribution in [-0.4, -0.2) is 9.79 Å². The molecule has 2 N–H and O–H groups in total. The minimum atomic E-state index is -2.87. The molecule has 0 radical (unpaired) electrons. The van der Waals surface area contributed by atoms with Crippen LogP contribution >= 0.6 is 8.25 Å². The van der Waals surface area contributed by atoms with E-state index < -0.39 is 8.25 Å². The van der Waals surface area contributed by atoms with Crippen molar-refractivity contribution < 1.29 is 14.4 Å². The van der Waals surface area contributed by atoms with Crippen molar-refractivity contribution in [2.75, 3.05) is 0 Å². The molecule has 0 aromatic rings. The second kappa shape index (κ2) is 42.1. The summed E-state index contributed by atoms with van der Waals surface area (Å²) in [7, 11) is -2.87. The SMILES string of the molecule is CCCCCCCCCCCCCCCC.CCCCCCCCCCCCCCCC.O=[P+](O)O. The van der Waals surface area contributed by atoms with Gasteiger partial charge in [0.05, 0.1) is 0 Å². The van der Waals surface area contributed by atoms with Gasteiger partial charge >= 0.3 is 8.25 Å². The summed E-state index contributed by atoms with van der Waals surface area (Å²) in [4.78, 5) is 14.2. The molecule has 0 aromatic heterocycles. The van der Waals surface area contributed by atoms with Crippen LogP contribution in [0.15, 0.2) is 0 Å². The highest BCUT2D eigenvalue weighted by Crippen LogP contribution is 2.14. The summed E-state index contributed by atoms with van der Waals surface area (Å²) in [5.74, 6) is 0. The summed E-state index contributed by atoms with van der Waals surface area (Å²) >= 11 is 0. The highest BCUT2D eigenvalue weighted by atomic mass is 31.1. The summed E-state index contributed by atoms with van der Waals surface area (Å²) in [5.41, 5.74) is 0. The summed E-state index contributed by atoms with van der Waals surface area (Å²) in [5, 5.41) is 0. The van der Waals surface area contributed by atoms with E-state index in [1.54, 1.807) is 0 Å². The minimum absolute atomic E-state index is 1.37. The van der Waals surface area contributed by atoms with Gasteiger partial charge in [-0.15, -0.1) is 9.79 Å². The van der Waals surface area contributed by atoms with Crippen LogP contribution in [0.1, 0.15) is 207 Å². The van der Waals surface area contributed by atoms with E-state index in [-0.39, 0.29) is 0 Å². The van der Waals surface area contributed by atoms with Crippen LogP contribution in [0.25, 0.3) is 0 Å². The van der Waals surface area contributed by atoms with Gasteiger partial charge in [-0.05, 0) is 0 Å². The summed E-state index contributed by atoms with van der Waals surface area (Å²) < 4.78 is 8.70. The molecule has 0 heterocycles. The summed E-state index contributed by atoms with van der Waals surface area (Å²) in [6.45, 7) is 9.16. The average Bonchev–Trinajstić information content (AvgIpc) is 2.85. The van der Waals surface area contributed by atoms with Gasteiger partial charge in [-0.1, -0.05) is 207 Å². The third-order valence-electron chi connectivity index (χ3n) is 6.91.